The highest BCUT2D eigenvalue weighted by atomic mass is 79.9. The zero-order valence-corrected chi connectivity index (χ0v) is 13.4. The van der Waals surface area contributed by atoms with E-state index in [0.29, 0.717) is 5.02 Å². The quantitative estimate of drug-likeness (QED) is 0.880. The number of rotatable bonds is 5. The number of nitrogens with zero attached hydrogens (tertiary/aromatic N) is 2. The monoisotopic (exact) mass is 357 g/mol. The maximum absolute atomic E-state index is 6.02. The van der Waals surface area contributed by atoms with E-state index in [-0.39, 0.29) is 0 Å². The minimum absolute atomic E-state index is 0.713. The van der Waals surface area contributed by atoms with E-state index in [1.165, 1.54) is 12.8 Å². The molecule has 0 unspecified atom stereocenters. The number of aromatic nitrogens is 2. The number of benzene rings is 1. The van der Waals surface area contributed by atoms with Gasteiger partial charge in [-0.1, -0.05) is 38.9 Å². The van der Waals surface area contributed by atoms with E-state index < -0.39 is 0 Å². The number of hydrogen-bond donors (Lipinski definition) is 1. The van der Waals surface area contributed by atoms with Gasteiger partial charge in [0.2, 0.25) is 0 Å². The summed E-state index contributed by atoms with van der Waals surface area (Å²) in [6.07, 6.45) is 3.57. The first-order valence-electron chi connectivity index (χ1n) is 6.23. The highest BCUT2D eigenvalue weighted by Crippen LogP contribution is 2.32. The summed E-state index contributed by atoms with van der Waals surface area (Å²) in [4.78, 5) is 0. The maximum Gasteiger partial charge on any atom is 0.148 e. The molecular weight excluding hydrogens is 346 g/mol. The van der Waals surface area contributed by atoms with E-state index in [4.69, 9.17) is 11.6 Å². The minimum Gasteiger partial charge on any atom is -0.314 e. The van der Waals surface area contributed by atoms with Crippen molar-refractivity contribution in [1.82, 2.24) is 15.5 Å². The zero-order valence-electron chi connectivity index (χ0n) is 10.2. The Bertz CT molecular complexity index is 583. The molecule has 1 aromatic heterocycles. The van der Waals surface area contributed by atoms with Gasteiger partial charge in [-0.3, -0.25) is 0 Å². The number of nitrogens with one attached hydrogen (secondary N) is 1. The van der Waals surface area contributed by atoms with Crippen molar-refractivity contribution in [3.8, 4) is 10.6 Å². The van der Waals surface area contributed by atoms with E-state index in [9.17, 15) is 0 Å². The van der Waals surface area contributed by atoms with Crippen LogP contribution in [-0.2, 0) is 6.42 Å². The molecule has 1 aliphatic rings. The Labute approximate surface area is 129 Å². The summed E-state index contributed by atoms with van der Waals surface area (Å²) in [5, 5.41) is 14.7. The van der Waals surface area contributed by atoms with Crippen LogP contribution < -0.4 is 5.32 Å². The first-order valence-corrected chi connectivity index (χ1v) is 8.22. The van der Waals surface area contributed by atoms with Crippen LogP contribution in [0.5, 0.6) is 0 Å². The summed E-state index contributed by atoms with van der Waals surface area (Å²) in [6.45, 7) is 0.982. The van der Waals surface area contributed by atoms with Gasteiger partial charge in [-0.2, -0.15) is 0 Å². The molecule has 3 rings (SSSR count). The lowest BCUT2D eigenvalue weighted by atomic mass is 10.2. The summed E-state index contributed by atoms with van der Waals surface area (Å²) in [5.74, 6) is 0. The highest BCUT2D eigenvalue weighted by molar-refractivity contribution is 9.10. The molecule has 0 saturated heterocycles. The Balaban J connectivity index is 1.70. The van der Waals surface area contributed by atoms with Crippen molar-refractivity contribution in [2.75, 3.05) is 6.54 Å². The standard InChI is InChI=1S/C13H13BrClN3S/c14-11-4-1-8(15)7-10(11)13-18-17-12(19-13)5-6-16-9-2-3-9/h1,4,7,9,16H,2-3,5-6H2. The molecule has 0 aliphatic heterocycles. The summed E-state index contributed by atoms with van der Waals surface area (Å²) >= 11 is 11.2. The first kappa shape index (κ1) is 13.5. The van der Waals surface area contributed by atoms with Crippen molar-refractivity contribution < 1.29 is 0 Å². The van der Waals surface area contributed by atoms with Gasteiger partial charge in [0.15, 0.2) is 0 Å². The average molecular weight is 359 g/mol. The molecule has 0 radical (unpaired) electrons. The zero-order chi connectivity index (χ0) is 13.2. The van der Waals surface area contributed by atoms with Crippen molar-refractivity contribution in [2.24, 2.45) is 0 Å². The molecule has 1 aliphatic carbocycles. The summed E-state index contributed by atoms with van der Waals surface area (Å²) < 4.78 is 0.996. The van der Waals surface area contributed by atoms with Gasteiger partial charge < -0.3 is 5.32 Å². The normalized spacial score (nSPS) is 14.8. The molecule has 100 valence electrons. The smallest absolute Gasteiger partial charge is 0.148 e. The van der Waals surface area contributed by atoms with Gasteiger partial charge in [0.05, 0.1) is 0 Å². The van der Waals surface area contributed by atoms with Crippen LogP contribution in [0.1, 0.15) is 17.8 Å². The van der Waals surface area contributed by atoms with Crippen LogP contribution in [0.4, 0.5) is 0 Å². The molecule has 0 bridgehead atoms. The van der Waals surface area contributed by atoms with E-state index in [1.54, 1.807) is 11.3 Å². The molecule has 1 heterocycles. The SMILES string of the molecule is Clc1ccc(Br)c(-c2nnc(CCNC3CC3)s2)c1. The fraction of sp³-hybridized carbons (Fsp3) is 0.385. The second kappa shape index (κ2) is 5.87. The molecule has 1 aromatic carbocycles. The molecule has 1 saturated carbocycles. The molecule has 0 spiro atoms. The van der Waals surface area contributed by atoms with Crippen LogP contribution in [-0.4, -0.2) is 22.8 Å². The lowest BCUT2D eigenvalue weighted by Crippen LogP contribution is -2.19. The van der Waals surface area contributed by atoms with E-state index in [1.807, 2.05) is 18.2 Å². The van der Waals surface area contributed by atoms with Gasteiger partial charge in [-0.15, -0.1) is 10.2 Å². The molecule has 1 fully saturated rings. The number of hydrogen-bond acceptors (Lipinski definition) is 4. The fourth-order valence-electron chi connectivity index (χ4n) is 1.80. The Morgan fingerprint density at radius 1 is 1.37 bits per heavy atom. The Hall–Kier alpha value is -0.490. The molecule has 0 amide bonds. The lowest BCUT2D eigenvalue weighted by Gasteiger charge is -2.00. The molecule has 2 aromatic rings. The van der Waals surface area contributed by atoms with E-state index >= 15 is 0 Å². The molecule has 3 nitrogen and oxygen atoms in total. The minimum atomic E-state index is 0.713. The Morgan fingerprint density at radius 3 is 3.00 bits per heavy atom. The van der Waals surface area contributed by atoms with Crippen molar-refractivity contribution in [1.29, 1.82) is 0 Å². The van der Waals surface area contributed by atoms with Crippen LogP contribution >= 0.6 is 38.9 Å². The second-order valence-electron chi connectivity index (χ2n) is 4.60. The predicted octanol–water partition coefficient (Wildman–Crippen LogP) is 3.92. The summed E-state index contributed by atoms with van der Waals surface area (Å²) in [5.41, 5.74) is 1.01. The van der Waals surface area contributed by atoms with Crippen LogP contribution in [0.25, 0.3) is 10.6 Å². The molecule has 6 heteroatoms. The molecule has 0 atom stereocenters. The topological polar surface area (TPSA) is 37.8 Å². The predicted molar refractivity (Wildman–Crippen MR) is 82.8 cm³/mol. The van der Waals surface area contributed by atoms with Crippen LogP contribution in [0.3, 0.4) is 0 Å². The van der Waals surface area contributed by atoms with Crippen molar-refractivity contribution in [2.45, 2.75) is 25.3 Å². The van der Waals surface area contributed by atoms with Gasteiger partial charge in [0, 0.05) is 34.1 Å². The van der Waals surface area contributed by atoms with Gasteiger partial charge in [-0.25, -0.2) is 0 Å². The fourth-order valence-corrected chi connectivity index (χ4v) is 3.40. The van der Waals surface area contributed by atoms with E-state index in [0.717, 1.165) is 39.1 Å². The van der Waals surface area contributed by atoms with Gasteiger partial charge in [0.1, 0.15) is 10.0 Å². The third kappa shape index (κ3) is 3.54. The molecular formula is C13H13BrClN3S. The maximum atomic E-state index is 6.02. The molecule has 19 heavy (non-hydrogen) atoms. The summed E-state index contributed by atoms with van der Waals surface area (Å²) in [7, 11) is 0. The van der Waals surface area contributed by atoms with Crippen LogP contribution in [0.15, 0.2) is 22.7 Å². The van der Waals surface area contributed by atoms with Crippen molar-refractivity contribution in [3.05, 3.63) is 32.7 Å². The number of halogens is 2. The van der Waals surface area contributed by atoms with Crippen LogP contribution in [0, 0.1) is 0 Å². The Kier molecular flexibility index (Phi) is 4.17. The summed E-state index contributed by atoms with van der Waals surface area (Å²) in [6, 6.07) is 6.46. The lowest BCUT2D eigenvalue weighted by molar-refractivity contribution is 0.677. The third-order valence-electron chi connectivity index (χ3n) is 2.97. The third-order valence-corrected chi connectivity index (χ3v) is 4.92. The van der Waals surface area contributed by atoms with Gasteiger partial charge >= 0.3 is 0 Å². The Morgan fingerprint density at radius 2 is 2.21 bits per heavy atom. The van der Waals surface area contributed by atoms with E-state index in [2.05, 4.69) is 31.4 Å². The largest absolute Gasteiger partial charge is 0.314 e. The van der Waals surface area contributed by atoms with Gasteiger partial charge in [0.25, 0.3) is 0 Å². The van der Waals surface area contributed by atoms with Crippen molar-refractivity contribution >= 4 is 38.9 Å². The highest BCUT2D eigenvalue weighted by Gasteiger charge is 2.20. The second-order valence-corrected chi connectivity index (χ2v) is 6.96. The van der Waals surface area contributed by atoms with Crippen LogP contribution in [0.2, 0.25) is 5.02 Å². The first-order chi connectivity index (χ1) is 9.22. The van der Waals surface area contributed by atoms with Crippen molar-refractivity contribution in [3.63, 3.8) is 0 Å². The molecule has 1 N–H and O–H groups in total. The average Bonchev–Trinajstić information content (AvgIpc) is 3.10. The van der Waals surface area contributed by atoms with Gasteiger partial charge in [-0.05, 0) is 31.0 Å².